The van der Waals surface area contributed by atoms with Crippen molar-refractivity contribution in [2.24, 2.45) is 0 Å². The highest BCUT2D eigenvalue weighted by atomic mass is 32.2. The van der Waals surface area contributed by atoms with Crippen LogP contribution in [0.1, 0.15) is 31.2 Å². The molecule has 0 aliphatic heterocycles. The number of hydrogen-bond acceptors (Lipinski definition) is 4. The summed E-state index contributed by atoms with van der Waals surface area (Å²) < 4.78 is 0. The fraction of sp³-hybridized carbons (Fsp3) is 0.571. The molecule has 1 aromatic carbocycles. The largest absolute Gasteiger partial charge is 0.385 e. The predicted octanol–water partition coefficient (Wildman–Crippen LogP) is 4.24. The van der Waals surface area contributed by atoms with Gasteiger partial charge in [0.2, 0.25) is 0 Å². The molecule has 0 radical (unpaired) electrons. The normalized spacial score (nSPS) is 10.4. The van der Waals surface area contributed by atoms with E-state index in [0.29, 0.717) is 5.56 Å². The maximum absolute atomic E-state index is 10.7. The summed E-state index contributed by atoms with van der Waals surface area (Å²) in [7, 11) is 0. The Kier molecular flexibility index (Phi) is 7.33. The van der Waals surface area contributed by atoms with Crippen molar-refractivity contribution in [3.63, 3.8) is 0 Å². The highest BCUT2D eigenvalue weighted by molar-refractivity contribution is 7.98. The summed E-state index contributed by atoms with van der Waals surface area (Å²) in [6, 6.07) is 5.18. The van der Waals surface area contributed by atoms with Gasteiger partial charge in [0.15, 0.2) is 0 Å². The van der Waals surface area contributed by atoms with Crippen molar-refractivity contribution in [1.82, 2.24) is 0 Å². The highest BCUT2D eigenvalue weighted by Gasteiger charge is 2.09. The third-order valence-electron chi connectivity index (χ3n) is 3.00. The van der Waals surface area contributed by atoms with Crippen LogP contribution in [0.15, 0.2) is 18.2 Å². The Morgan fingerprint density at radius 2 is 2.00 bits per heavy atom. The van der Waals surface area contributed by atoms with Crippen molar-refractivity contribution in [3.05, 3.63) is 33.9 Å². The van der Waals surface area contributed by atoms with Gasteiger partial charge in [0, 0.05) is 23.9 Å². The molecule has 0 fully saturated rings. The molecule has 106 valence electrons. The maximum atomic E-state index is 10.7. The first kappa shape index (κ1) is 15.8. The molecule has 0 bridgehead atoms. The number of thioether (sulfide) groups is 1. The van der Waals surface area contributed by atoms with E-state index in [2.05, 4.69) is 11.6 Å². The van der Waals surface area contributed by atoms with E-state index in [1.165, 1.54) is 25.0 Å². The smallest absolute Gasteiger partial charge is 0.272 e. The van der Waals surface area contributed by atoms with E-state index < -0.39 is 0 Å². The zero-order valence-corrected chi connectivity index (χ0v) is 12.5. The van der Waals surface area contributed by atoms with Crippen LogP contribution < -0.4 is 5.32 Å². The summed E-state index contributed by atoms with van der Waals surface area (Å²) >= 11 is 1.90. The predicted molar refractivity (Wildman–Crippen MR) is 83.2 cm³/mol. The Hall–Kier alpha value is -1.23. The van der Waals surface area contributed by atoms with Gasteiger partial charge >= 0.3 is 0 Å². The van der Waals surface area contributed by atoms with Crippen LogP contribution in [0.3, 0.4) is 0 Å². The quantitative estimate of drug-likeness (QED) is 0.418. The molecule has 5 heteroatoms. The molecule has 0 atom stereocenters. The van der Waals surface area contributed by atoms with E-state index in [1.54, 1.807) is 19.1 Å². The molecule has 4 nitrogen and oxygen atoms in total. The minimum Gasteiger partial charge on any atom is -0.385 e. The topological polar surface area (TPSA) is 55.2 Å². The lowest BCUT2D eigenvalue weighted by Crippen LogP contribution is -2.02. The summed E-state index contributed by atoms with van der Waals surface area (Å²) in [4.78, 5) is 10.4. The van der Waals surface area contributed by atoms with E-state index >= 15 is 0 Å². The average Bonchev–Trinajstić information content (AvgIpc) is 2.37. The number of nitrogens with zero attached hydrogens (tertiary/aromatic N) is 1. The number of nitro groups is 1. The van der Waals surface area contributed by atoms with Crippen molar-refractivity contribution in [2.45, 2.75) is 32.6 Å². The number of unbranched alkanes of at least 4 members (excludes halogenated alkanes) is 3. The number of nitrogens with one attached hydrogen (secondary N) is 1. The van der Waals surface area contributed by atoms with Crippen LogP contribution in [-0.2, 0) is 0 Å². The molecule has 0 aliphatic carbocycles. The van der Waals surface area contributed by atoms with Gasteiger partial charge in [0.1, 0.15) is 0 Å². The second kappa shape index (κ2) is 8.80. The molecule has 0 aliphatic rings. The molecular weight excluding hydrogens is 260 g/mol. The van der Waals surface area contributed by atoms with Gasteiger partial charge in [0.05, 0.1) is 4.92 Å². The SMILES string of the molecule is CSCCCCCCNc1ccc([N+](=O)[O-])c(C)c1. The summed E-state index contributed by atoms with van der Waals surface area (Å²) in [5.41, 5.74) is 1.85. The third kappa shape index (κ3) is 5.96. The minimum absolute atomic E-state index is 0.183. The van der Waals surface area contributed by atoms with Crippen molar-refractivity contribution < 1.29 is 4.92 Å². The Labute approximate surface area is 119 Å². The van der Waals surface area contributed by atoms with Crippen LogP contribution in [0, 0.1) is 17.0 Å². The van der Waals surface area contributed by atoms with Gasteiger partial charge in [-0.1, -0.05) is 12.8 Å². The second-order valence-corrected chi connectivity index (χ2v) is 5.58. The van der Waals surface area contributed by atoms with Gasteiger partial charge in [-0.15, -0.1) is 0 Å². The first-order valence-corrected chi connectivity index (χ1v) is 8.02. The summed E-state index contributed by atoms with van der Waals surface area (Å²) in [6.07, 6.45) is 7.09. The monoisotopic (exact) mass is 282 g/mol. The van der Waals surface area contributed by atoms with E-state index in [0.717, 1.165) is 18.7 Å². The van der Waals surface area contributed by atoms with Crippen LogP contribution in [0.4, 0.5) is 11.4 Å². The number of nitro benzene ring substituents is 1. The third-order valence-corrected chi connectivity index (χ3v) is 3.69. The first-order chi connectivity index (χ1) is 9.15. The number of aryl methyl sites for hydroxylation is 1. The molecule has 19 heavy (non-hydrogen) atoms. The number of hydrogen-bond donors (Lipinski definition) is 1. The molecule has 0 saturated carbocycles. The van der Waals surface area contributed by atoms with E-state index in [9.17, 15) is 10.1 Å². The van der Waals surface area contributed by atoms with Crippen LogP contribution in [0.5, 0.6) is 0 Å². The Balaban J connectivity index is 2.26. The molecular formula is C14H22N2O2S. The zero-order chi connectivity index (χ0) is 14.1. The van der Waals surface area contributed by atoms with Gasteiger partial charge in [0.25, 0.3) is 5.69 Å². The van der Waals surface area contributed by atoms with Gasteiger partial charge in [-0.2, -0.15) is 11.8 Å². The lowest BCUT2D eigenvalue weighted by molar-refractivity contribution is -0.385. The molecule has 0 spiro atoms. The summed E-state index contributed by atoms with van der Waals surface area (Å²) in [5.74, 6) is 1.25. The number of benzene rings is 1. The lowest BCUT2D eigenvalue weighted by Gasteiger charge is -2.07. The molecule has 0 saturated heterocycles. The van der Waals surface area contributed by atoms with Crippen LogP contribution >= 0.6 is 11.8 Å². The molecule has 0 amide bonds. The van der Waals surface area contributed by atoms with Gasteiger partial charge in [-0.05, 0) is 43.9 Å². The standard InChI is InChI=1S/C14H22N2O2S/c1-12-11-13(7-8-14(12)16(17)18)15-9-5-3-4-6-10-19-2/h7-8,11,15H,3-6,9-10H2,1-2H3. The average molecular weight is 282 g/mol. The second-order valence-electron chi connectivity index (χ2n) is 4.59. The fourth-order valence-electron chi connectivity index (χ4n) is 1.93. The number of rotatable bonds is 9. The van der Waals surface area contributed by atoms with Gasteiger partial charge in [-0.3, -0.25) is 10.1 Å². The van der Waals surface area contributed by atoms with Crippen molar-refractivity contribution >= 4 is 23.1 Å². The lowest BCUT2D eigenvalue weighted by atomic mass is 10.1. The molecule has 1 N–H and O–H groups in total. The van der Waals surface area contributed by atoms with Crippen molar-refractivity contribution in [3.8, 4) is 0 Å². The van der Waals surface area contributed by atoms with Crippen molar-refractivity contribution in [2.75, 3.05) is 23.9 Å². The maximum Gasteiger partial charge on any atom is 0.272 e. The molecule has 1 aromatic rings. The van der Waals surface area contributed by atoms with E-state index in [-0.39, 0.29) is 10.6 Å². The molecule has 0 unspecified atom stereocenters. The number of anilines is 1. The van der Waals surface area contributed by atoms with Crippen molar-refractivity contribution in [1.29, 1.82) is 0 Å². The summed E-state index contributed by atoms with van der Waals surface area (Å²) in [6.45, 7) is 2.70. The molecule has 1 rings (SSSR count). The Morgan fingerprint density at radius 1 is 1.26 bits per heavy atom. The summed E-state index contributed by atoms with van der Waals surface area (Å²) in [5, 5.41) is 14.0. The van der Waals surface area contributed by atoms with Crippen LogP contribution in [0.2, 0.25) is 0 Å². The van der Waals surface area contributed by atoms with E-state index in [4.69, 9.17) is 0 Å². The minimum atomic E-state index is -0.342. The van der Waals surface area contributed by atoms with E-state index in [1.807, 2.05) is 17.8 Å². The fourth-order valence-corrected chi connectivity index (χ4v) is 2.42. The van der Waals surface area contributed by atoms with Gasteiger partial charge in [-0.25, -0.2) is 0 Å². The highest BCUT2D eigenvalue weighted by Crippen LogP contribution is 2.21. The van der Waals surface area contributed by atoms with Crippen LogP contribution in [-0.4, -0.2) is 23.5 Å². The first-order valence-electron chi connectivity index (χ1n) is 6.63. The van der Waals surface area contributed by atoms with Gasteiger partial charge < -0.3 is 5.32 Å². The zero-order valence-electron chi connectivity index (χ0n) is 11.6. The molecule has 0 heterocycles. The Bertz CT molecular complexity index is 410. The Morgan fingerprint density at radius 3 is 2.63 bits per heavy atom. The van der Waals surface area contributed by atoms with Crippen LogP contribution in [0.25, 0.3) is 0 Å². The molecule has 0 aromatic heterocycles.